The Morgan fingerprint density at radius 3 is 2.49 bits per heavy atom. The molecule has 0 aliphatic rings. The second kappa shape index (κ2) is 15.5. The number of benzene rings is 1. The van der Waals surface area contributed by atoms with E-state index in [2.05, 4.69) is 17.6 Å². The molecule has 0 saturated carbocycles. The Kier molecular flexibility index (Phi) is 13.6. The summed E-state index contributed by atoms with van der Waals surface area (Å²) in [4.78, 5) is 40.7. The maximum Gasteiger partial charge on any atom is 0.408 e. The van der Waals surface area contributed by atoms with Crippen LogP contribution in [0.4, 0.5) is 4.79 Å². The Labute approximate surface area is 213 Å². The fourth-order valence-electron chi connectivity index (χ4n) is 3.47. The highest BCUT2D eigenvalue weighted by Gasteiger charge is 2.36. The third kappa shape index (κ3) is 11.2. The second-order valence-corrected chi connectivity index (χ2v) is 10.2. The zero-order chi connectivity index (χ0) is 26.4. The van der Waals surface area contributed by atoms with E-state index in [4.69, 9.17) is 4.74 Å². The number of alkyl carbamates (subject to hydrolysis) is 1. The molecule has 0 aliphatic carbocycles. The highest BCUT2D eigenvalue weighted by Crippen LogP contribution is 2.26. The third-order valence-corrected chi connectivity index (χ3v) is 5.69. The van der Waals surface area contributed by atoms with Crippen LogP contribution in [-0.4, -0.2) is 76.4 Å². The minimum Gasteiger partial charge on any atom is -0.508 e. The van der Waals surface area contributed by atoms with Crippen molar-refractivity contribution in [3.8, 4) is 5.75 Å². The fraction of sp³-hybridized carbons (Fsp3) is 0.640. The van der Waals surface area contributed by atoms with Crippen molar-refractivity contribution in [1.82, 2.24) is 15.5 Å². The first kappa shape index (κ1) is 30.6. The van der Waals surface area contributed by atoms with E-state index in [1.165, 1.54) is 28.8 Å². The van der Waals surface area contributed by atoms with Gasteiger partial charge in [-0.3, -0.25) is 9.59 Å². The molecule has 0 aromatic heterocycles. The van der Waals surface area contributed by atoms with Crippen LogP contribution in [0.2, 0.25) is 0 Å². The van der Waals surface area contributed by atoms with Crippen molar-refractivity contribution in [1.29, 1.82) is 0 Å². The number of aliphatic hydroxyl groups excluding tert-OH is 1. The highest BCUT2D eigenvalue weighted by atomic mass is 32.2. The lowest BCUT2D eigenvalue weighted by atomic mass is 10.0. The number of thioether (sulfide) groups is 1. The lowest BCUT2D eigenvalue weighted by Crippen LogP contribution is -2.54. The number of carbonyl (C=O) groups excluding carboxylic acids is 3. The molecule has 0 fully saturated rings. The van der Waals surface area contributed by atoms with E-state index in [0.717, 1.165) is 19.3 Å². The maximum atomic E-state index is 13.7. The number of hydrogen-bond acceptors (Lipinski definition) is 7. The van der Waals surface area contributed by atoms with Crippen molar-refractivity contribution in [3.63, 3.8) is 0 Å². The van der Waals surface area contributed by atoms with E-state index in [-0.39, 0.29) is 18.9 Å². The summed E-state index contributed by atoms with van der Waals surface area (Å²) in [5.41, 5.74) is -0.342. The van der Waals surface area contributed by atoms with Gasteiger partial charge in [0, 0.05) is 13.1 Å². The van der Waals surface area contributed by atoms with Crippen molar-refractivity contribution >= 4 is 29.7 Å². The number of amides is 3. The zero-order valence-corrected chi connectivity index (χ0v) is 22.3. The summed E-state index contributed by atoms with van der Waals surface area (Å²) < 4.78 is 5.33. The number of aromatic hydroxyl groups is 1. The first-order valence-corrected chi connectivity index (χ1v) is 13.4. The first-order valence-electron chi connectivity index (χ1n) is 12.0. The predicted molar refractivity (Wildman–Crippen MR) is 138 cm³/mol. The van der Waals surface area contributed by atoms with Crippen LogP contribution in [0.15, 0.2) is 24.3 Å². The Bertz CT molecular complexity index is 815. The number of nitrogens with zero attached hydrogens (tertiary/aromatic N) is 1. The van der Waals surface area contributed by atoms with Gasteiger partial charge >= 0.3 is 6.09 Å². The largest absolute Gasteiger partial charge is 0.508 e. The molecule has 198 valence electrons. The van der Waals surface area contributed by atoms with E-state index >= 15 is 0 Å². The Balaban J connectivity index is 3.31. The molecule has 0 bridgehead atoms. The van der Waals surface area contributed by atoms with Gasteiger partial charge in [-0.2, -0.15) is 11.8 Å². The van der Waals surface area contributed by atoms with E-state index < -0.39 is 35.6 Å². The summed E-state index contributed by atoms with van der Waals surface area (Å²) in [6.45, 7) is 7.16. The summed E-state index contributed by atoms with van der Waals surface area (Å²) in [6.07, 6.45) is 4.20. The number of phenols is 1. The monoisotopic (exact) mass is 511 g/mol. The molecule has 0 saturated heterocycles. The smallest absolute Gasteiger partial charge is 0.408 e. The Morgan fingerprint density at radius 2 is 1.91 bits per heavy atom. The molecule has 3 amide bonds. The van der Waals surface area contributed by atoms with E-state index in [1.807, 2.05) is 6.26 Å². The standard InChI is InChI=1S/C25H41N3O6S/c1-6-7-8-13-26-22(31)21(18-10-9-11-19(30)17-18)28(14-15-29)23(32)20(12-16-35-5)27-24(33)34-25(2,3)4/h9-11,17,20-21,29-30H,6-8,12-16H2,1-5H3,(H,26,31)(H,27,33). The first-order chi connectivity index (χ1) is 16.5. The van der Waals surface area contributed by atoms with Gasteiger partial charge in [-0.15, -0.1) is 0 Å². The van der Waals surface area contributed by atoms with Gasteiger partial charge in [0.1, 0.15) is 23.4 Å². The Morgan fingerprint density at radius 1 is 1.20 bits per heavy atom. The zero-order valence-electron chi connectivity index (χ0n) is 21.5. The summed E-state index contributed by atoms with van der Waals surface area (Å²) in [6, 6.07) is 4.08. The van der Waals surface area contributed by atoms with Crippen LogP contribution in [0.1, 0.15) is 65.0 Å². The topological polar surface area (TPSA) is 128 Å². The summed E-state index contributed by atoms with van der Waals surface area (Å²) in [5.74, 6) is -0.405. The van der Waals surface area contributed by atoms with Crippen LogP contribution in [0, 0.1) is 0 Å². The average molecular weight is 512 g/mol. The molecule has 0 aliphatic heterocycles. The van der Waals surface area contributed by atoms with Crippen LogP contribution in [0.25, 0.3) is 0 Å². The van der Waals surface area contributed by atoms with Gasteiger partial charge in [0.25, 0.3) is 0 Å². The van der Waals surface area contributed by atoms with E-state index in [1.54, 1.807) is 32.9 Å². The molecule has 1 aromatic carbocycles. The summed E-state index contributed by atoms with van der Waals surface area (Å²) in [7, 11) is 0. The number of unbranched alkanes of at least 4 members (excludes halogenated alkanes) is 2. The van der Waals surface area contributed by atoms with Crippen LogP contribution in [-0.2, 0) is 14.3 Å². The number of phenolic OH excluding ortho intramolecular Hbond substituents is 1. The number of ether oxygens (including phenoxy) is 1. The minimum absolute atomic E-state index is 0.0477. The molecule has 0 spiro atoms. The minimum atomic E-state index is -1.10. The van der Waals surface area contributed by atoms with Gasteiger partial charge < -0.3 is 30.5 Å². The molecule has 1 aromatic rings. The van der Waals surface area contributed by atoms with Crippen LogP contribution in [0.5, 0.6) is 5.75 Å². The second-order valence-electron chi connectivity index (χ2n) is 9.23. The average Bonchev–Trinajstić information content (AvgIpc) is 2.77. The predicted octanol–water partition coefficient (Wildman–Crippen LogP) is 3.21. The van der Waals surface area contributed by atoms with Crippen LogP contribution < -0.4 is 10.6 Å². The number of rotatable bonds is 14. The molecule has 4 N–H and O–H groups in total. The van der Waals surface area contributed by atoms with Gasteiger partial charge in [0.2, 0.25) is 11.8 Å². The highest BCUT2D eigenvalue weighted by molar-refractivity contribution is 7.98. The molecule has 0 heterocycles. The van der Waals surface area contributed by atoms with Crippen molar-refractivity contribution in [2.75, 3.05) is 31.7 Å². The lowest BCUT2D eigenvalue weighted by Gasteiger charge is -2.34. The molecule has 9 nitrogen and oxygen atoms in total. The van der Waals surface area contributed by atoms with E-state index in [9.17, 15) is 24.6 Å². The number of carbonyl (C=O) groups is 3. The van der Waals surface area contributed by atoms with Crippen molar-refractivity contribution in [2.45, 2.75) is 71.1 Å². The van der Waals surface area contributed by atoms with Gasteiger partial charge in [0.05, 0.1) is 6.61 Å². The molecule has 2 unspecified atom stereocenters. The SMILES string of the molecule is CCCCCNC(=O)C(c1cccc(O)c1)N(CCO)C(=O)C(CCSC)NC(=O)OC(C)(C)C. The maximum absolute atomic E-state index is 13.7. The lowest BCUT2D eigenvalue weighted by molar-refractivity contribution is -0.143. The Hall–Kier alpha value is -2.46. The quantitative estimate of drug-likeness (QED) is 0.282. The molecule has 1 rings (SSSR count). The van der Waals surface area contributed by atoms with Gasteiger partial charge in [-0.25, -0.2) is 4.79 Å². The van der Waals surface area contributed by atoms with Crippen molar-refractivity contribution in [3.05, 3.63) is 29.8 Å². The van der Waals surface area contributed by atoms with Crippen molar-refractivity contribution in [2.24, 2.45) is 0 Å². The normalized spacial score (nSPS) is 13.0. The number of hydrogen-bond donors (Lipinski definition) is 4. The molecule has 35 heavy (non-hydrogen) atoms. The molecule has 10 heteroatoms. The molecular weight excluding hydrogens is 470 g/mol. The molecular formula is C25H41N3O6S. The molecule has 0 radical (unpaired) electrons. The third-order valence-electron chi connectivity index (χ3n) is 5.05. The van der Waals surface area contributed by atoms with Crippen molar-refractivity contribution < 1.29 is 29.3 Å². The number of aliphatic hydroxyl groups is 1. The van der Waals surface area contributed by atoms with Gasteiger partial charge in [-0.05, 0) is 63.3 Å². The van der Waals surface area contributed by atoms with Gasteiger partial charge in [0.15, 0.2) is 0 Å². The summed E-state index contributed by atoms with van der Waals surface area (Å²) >= 11 is 1.52. The van der Waals surface area contributed by atoms with Crippen LogP contribution >= 0.6 is 11.8 Å². The number of nitrogens with one attached hydrogen (secondary N) is 2. The summed E-state index contributed by atoms with van der Waals surface area (Å²) in [5, 5.41) is 25.3. The molecule has 2 atom stereocenters. The van der Waals surface area contributed by atoms with Crippen LogP contribution in [0.3, 0.4) is 0 Å². The fourth-order valence-corrected chi connectivity index (χ4v) is 3.94. The van der Waals surface area contributed by atoms with E-state index in [0.29, 0.717) is 24.3 Å². The van der Waals surface area contributed by atoms with Gasteiger partial charge in [-0.1, -0.05) is 31.9 Å².